The molecule has 0 aliphatic heterocycles. The highest BCUT2D eigenvalue weighted by Gasteiger charge is 2.28. The maximum absolute atomic E-state index is 12.0. The summed E-state index contributed by atoms with van der Waals surface area (Å²) in [6, 6.07) is 1.26. The molecule has 0 aromatic carbocycles. The highest BCUT2D eigenvalue weighted by atomic mass is 19.4. The molecule has 5 nitrogen and oxygen atoms in total. The molecule has 0 atom stereocenters. The van der Waals surface area contributed by atoms with Crippen LogP contribution in [0.1, 0.15) is 10.6 Å². The summed E-state index contributed by atoms with van der Waals surface area (Å²) in [5.41, 5.74) is 0.297. The predicted octanol–water partition coefficient (Wildman–Crippen LogP) is 1.71. The van der Waals surface area contributed by atoms with Crippen LogP contribution in [0.3, 0.4) is 0 Å². The summed E-state index contributed by atoms with van der Waals surface area (Å²) in [5, 5.41) is 0. The standard InChI is InChI=1S/C9H6F3N3O2/c10-9(11,12)4-17-5-1-2-13-8-7(5)14-6(3-16)15-8/h1-3H,4H2,(H,13,14,15). The Morgan fingerprint density at radius 3 is 2.88 bits per heavy atom. The molecule has 0 amide bonds. The third-order valence-electron chi connectivity index (χ3n) is 1.88. The van der Waals surface area contributed by atoms with Gasteiger partial charge in [0.25, 0.3) is 0 Å². The number of imidazole rings is 1. The average Bonchev–Trinajstić information content (AvgIpc) is 2.68. The minimum atomic E-state index is -4.43. The van der Waals surface area contributed by atoms with Gasteiger partial charge >= 0.3 is 6.18 Å². The van der Waals surface area contributed by atoms with Crippen LogP contribution in [0.25, 0.3) is 11.2 Å². The fourth-order valence-corrected chi connectivity index (χ4v) is 1.24. The average molecular weight is 245 g/mol. The molecule has 2 rings (SSSR count). The maximum atomic E-state index is 12.0. The van der Waals surface area contributed by atoms with Gasteiger partial charge in [0.2, 0.25) is 0 Å². The van der Waals surface area contributed by atoms with E-state index in [1.165, 1.54) is 12.3 Å². The van der Waals surface area contributed by atoms with Gasteiger partial charge in [0, 0.05) is 12.3 Å². The molecule has 90 valence electrons. The van der Waals surface area contributed by atoms with E-state index < -0.39 is 12.8 Å². The molecule has 2 heterocycles. The Hall–Kier alpha value is -2.12. The molecule has 0 aliphatic carbocycles. The topological polar surface area (TPSA) is 67.9 Å². The third kappa shape index (κ3) is 2.52. The number of H-pyrrole nitrogens is 1. The maximum Gasteiger partial charge on any atom is 0.422 e. The van der Waals surface area contributed by atoms with Crippen LogP contribution in [0.4, 0.5) is 13.2 Å². The number of carbonyl (C=O) groups is 1. The molecule has 0 bridgehead atoms. The zero-order valence-corrected chi connectivity index (χ0v) is 8.28. The fraction of sp³-hybridized carbons (Fsp3) is 0.222. The van der Waals surface area contributed by atoms with E-state index in [2.05, 4.69) is 19.7 Å². The smallest absolute Gasteiger partial charge is 0.422 e. The summed E-state index contributed by atoms with van der Waals surface area (Å²) >= 11 is 0. The van der Waals surface area contributed by atoms with Crippen molar-refractivity contribution in [3.05, 3.63) is 18.1 Å². The molecule has 0 fully saturated rings. The van der Waals surface area contributed by atoms with Crippen LogP contribution in [-0.4, -0.2) is 34.0 Å². The highest BCUT2D eigenvalue weighted by molar-refractivity contribution is 5.83. The molecular formula is C9H6F3N3O2. The van der Waals surface area contributed by atoms with Crippen molar-refractivity contribution in [1.82, 2.24) is 15.0 Å². The first-order chi connectivity index (χ1) is 7.99. The van der Waals surface area contributed by atoms with E-state index in [0.29, 0.717) is 6.29 Å². The van der Waals surface area contributed by atoms with Gasteiger partial charge in [-0.1, -0.05) is 0 Å². The van der Waals surface area contributed by atoms with Crippen LogP contribution in [0, 0.1) is 0 Å². The second-order valence-electron chi connectivity index (χ2n) is 3.15. The van der Waals surface area contributed by atoms with E-state index in [0.717, 1.165) is 0 Å². The van der Waals surface area contributed by atoms with Crippen molar-refractivity contribution in [2.45, 2.75) is 6.18 Å². The summed E-state index contributed by atoms with van der Waals surface area (Å²) in [4.78, 5) is 20.5. The fourth-order valence-electron chi connectivity index (χ4n) is 1.24. The number of aromatic amines is 1. The number of pyridine rings is 1. The lowest BCUT2D eigenvalue weighted by atomic mass is 10.4. The summed E-state index contributed by atoms with van der Waals surface area (Å²) in [6.07, 6.45) is -2.73. The van der Waals surface area contributed by atoms with Crippen LogP contribution in [0.5, 0.6) is 5.75 Å². The number of aromatic nitrogens is 3. The zero-order valence-electron chi connectivity index (χ0n) is 8.28. The molecule has 1 N–H and O–H groups in total. The normalized spacial score (nSPS) is 11.7. The summed E-state index contributed by atoms with van der Waals surface area (Å²) in [7, 11) is 0. The second kappa shape index (κ2) is 4.04. The van der Waals surface area contributed by atoms with Crippen LogP contribution < -0.4 is 4.74 Å². The van der Waals surface area contributed by atoms with E-state index in [1.54, 1.807) is 0 Å². The summed E-state index contributed by atoms with van der Waals surface area (Å²) < 4.78 is 40.6. The lowest BCUT2D eigenvalue weighted by Gasteiger charge is -2.08. The Bertz CT molecular complexity index is 550. The number of aldehydes is 1. The number of halogens is 3. The summed E-state index contributed by atoms with van der Waals surface area (Å²) in [5.74, 6) is -0.0662. The number of hydrogen-bond donors (Lipinski definition) is 1. The molecule has 0 saturated carbocycles. The van der Waals surface area contributed by atoms with Crippen molar-refractivity contribution in [3.8, 4) is 5.75 Å². The molecule has 17 heavy (non-hydrogen) atoms. The minimum absolute atomic E-state index is 0.0180. The lowest BCUT2D eigenvalue weighted by Crippen LogP contribution is -2.19. The molecule has 0 aliphatic rings. The third-order valence-corrected chi connectivity index (χ3v) is 1.88. The van der Waals surface area contributed by atoms with Gasteiger partial charge in [-0.3, -0.25) is 4.79 Å². The van der Waals surface area contributed by atoms with Gasteiger partial charge in [0.05, 0.1) is 0 Å². The van der Waals surface area contributed by atoms with Gasteiger partial charge in [0.1, 0.15) is 11.3 Å². The van der Waals surface area contributed by atoms with Gasteiger partial charge in [-0.25, -0.2) is 9.97 Å². The van der Waals surface area contributed by atoms with Crippen molar-refractivity contribution in [2.24, 2.45) is 0 Å². The minimum Gasteiger partial charge on any atom is -0.482 e. The van der Waals surface area contributed by atoms with Crippen molar-refractivity contribution >= 4 is 17.5 Å². The highest BCUT2D eigenvalue weighted by Crippen LogP contribution is 2.24. The number of alkyl halides is 3. The lowest BCUT2D eigenvalue weighted by molar-refractivity contribution is -0.153. The predicted molar refractivity (Wildman–Crippen MR) is 50.8 cm³/mol. The van der Waals surface area contributed by atoms with Crippen LogP contribution >= 0.6 is 0 Å². The SMILES string of the molecule is O=Cc1nc2nccc(OCC(F)(F)F)c2[nH]1. The molecule has 0 spiro atoms. The zero-order chi connectivity index (χ0) is 12.5. The quantitative estimate of drug-likeness (QED) is 0.836. The Kier molecular flexibility index (Phi) is 2.70. The number of ether oxygens (including phenoxy) is 1. The van der Waals surface area contributed by atoms with E-state index in [4.69, 9.17) is 0 Å². The first kappa shape index (κ1) is 11.4. The first-order valence-electron chi connectivity index (χ1n) is 4.49. The molecule has 2 aromatic rings. The first-order valence-corrected chi connectivity index (χ1v) is 4.49. The van der Waals surface area contributed by atoms with Gasteiger partial charge in [-0.05, 0) is 0 Å². The largest absolute Gasteiger partial charge is 0.482 e. The molecule has 2 aromatic heterocycles. The van der Waals surface area contributed by atoms with Gasteiger partial charge in [-0.15, -0.1) is 0 Å². The Balaban J connectivity index is 2.33. The van der Waals surface area contributed by atoms with E-state index >= 15 is 0 Å². The van der Waals surface area contributed by atoms with E-state index in [1.807, 2.05) is 0 Å². The number of rotatable bonds is 3. The second-order valence-corrected chi connectivity index (χ2v) is 3.15. The van der Waals surface area contributed by atoms with Crippen molar-refractivity contribution in [1.29, 1.82) is 0 Å². The van der Waals surface area contributed by atoms with E-state index in [9.17, 15) is 18.0 Å². The Morgan fingerprint density at radius 2 is 2.24 bits per heavy atom. The number of nitrogens with zero attached hydrogens (tertiary/aromatic N) is 2. The Morgan fingerprint density at radius 1 is 1.47 bits per heavy atom. The Labute approximate surface area is 92.6 Å². The number of carbonyl (C=O) groups excluding carboxylic acids is 1. The monoisotopic (exact) mass is 245 g/mol. The van der Waals surface area contributed by atoms with Gasteiger partial charge < -0.3 is 9.72 Å². The van der Waals surface area contributed by atoms with Gasteiger partial charge in [-0.2, -0.15) is 13.2 Å². The van der Waals surface area contributed by atoms with Crippen molar-refractivity contribution in [2.75, 3.05) is 6.61 Å². The molecule has 0 saturated heterocycles. The van der Waals surface area contributed by atoms with Crippen molar-refractivity contribution < 1.29 is 22.7 Å². The van der Waals surface area contributed by atoms with Crippen molar-refractivity contribution in [3.63, 3.8) is 0 Å². The van der Waals surface area contributed by atoms with Gasteiger partial charge in [0.15, 0.2) is 24.4 Å². The number of hydrogen-bond acceptors (Lipinski definition) is 4. The van der Waals surface area contributed by atoms with Crippen LogP contribution in [0.15, 0.2) is 12.3 Å². The molecule has 0 radical (unpaired) electrons. The molecule has 8 heteroatoms. The van der Waals surface area contributed by atoms with E-state index in [-0.39, 0.29) is 22.7 Å². The number of fused-ring (bicyclic) bond motifs is 1. The molecular weight excluding hydrogens is 239 g/mol. The molecule has 0 unspecified atom stereocenters. The van der Waals surface area contributed by atoms with Crippen LogP contribution in [0.2, 0.25) is 0 Å². The van der Waals surface area contributed by atoms with Crippen LogP contribution in [-0.2, 0) is 0 Å². The summed E-state index contributed by atoms with van der Waals surface area (Å²) in [6.45, 7) is -1.42. The number of nitrogens with one attached hydrogen (secondary N) is 1.